The molecular formula is C19H31NO3. The van der Waals surface area contributed by atoms with Gasteiger partial charge in [0.25, 0.3) is 0 Å². The van der Waals surface area contributed by atoms with Crippen LogP contribution in [0.2, 0.25) is 0 Å². The normalized spacial score (nSPS) is 34.7. The lowest BCUT2D eigenvalue weighted by Crippen LogP contribution is -2.47. The van der Waals surface area contributed by atoms with E-state index >= 15 is 0 Å². The van der Waals surface area contributed by atoms with E-state index in [1.54, 1.807) is 0 Å². The molecule has 130 valence electrons. The molecule has 23 heavy (non-hydrogen) atoms. The van der Waals surface area contributed by atoms with Crippen molar-refractivity contribution in [1.82, 2.24) is 4.90 Å². The standard InChI is InChI=1S/C19H31NO3/c21-18(22)11-10-14-5-4-12-20(13-14)19(23)17-9-3-7-15-6-1-2-8-16(15)17/h14-17H,1-13H2,(H,21,22). The highest BCUT2D eigenvalue weighted by atomic mass is 16.4. The van der Waals surface area contributed by atoms with Gasteiger partial charge in [0.1, 0.15) is 0 Å². The molecule has 4 atom stereocenters. The summed E-state index contributed by atoms with van der Waals surface area (Å²) in [4.78, 5) is 26.0. The number of likely N-dealkylation sites (tertiary alicyclic amines) is 1. The van der Waals surface area contributed by atoms with E-state index in [2.05, 4.69) is 4.90 Å². The first-order chi connectivity index (χ1) is 11.1. The van der Waals surface area contributed by atoms with E-state index in [1.807, 2.05) is 0 Å². The number of carboxylic acid groups (broad SMARTS) is 1. The zero-order valence-electron chi connectivity index (χ0n) is 14.2. The zero-order chi connectivity index (χ0) is 16.2. The summed E-state index contributed by atoms with van der Waals surface area (Å²) in [6, 6.07) is 0. The fourth-order valence-corrected chi connectivity index (χ4v) is 5.31. The Kier molecular flexibility index (Phi) is 5.60. The Balaban J connectivity index is 1.58. The van der Waals surface area contributed by atoms with Crippen LogP contribution in [0.25, 0.3) is 0 Å². The van der Waals surface area contributed by atoms with Gasteiger partial charge in [-0.15, -0.1) is 0 Å². The zero-order valence-corrected chi connectivity index (χ0v) is 14.2. The molecule has 0 aromatic carbocycles. The first-order valence-corrected chi connectivity index (χ1v) is 9.65. The number of carbonyl (C=O) groups excluding carboxylic acids is 1. The predicted molar refractivity (Wildman–Crippen MR) is 89.0 cm³/mol. The third-order valence-electron chi connectivity index (χ3n) is 6.49. The van der Waals surface area contributed by atoms with Crippen LogP contribution >= 0.6 is 0 Å². The number of nitrogens with zero attached hydrogens (tertiary/aromatic N) is 1. The van der Waals surface area contributed by atoms with Crippen LogP contribution in [0.15, 0.2) is 0 Å². The van der Waals surface area contributed by atoms with Gasteiger partial charge in [0.15, 0.2) is 0 Å². The second-order valence-corrected chi connectivity index (χ2v) is 7.97. The van der Waals surface area contributed by atoms with Crippen LogP contribution in [0.4, 0.5) is 0 Å². The van der Waals surface area contributed by atoms with Crippen LogP contribution < -0.4 is 0 Å². The summed E-state index contributed by atoms with van der Waals surface area (Å²) < 4.78 is 0. The monoisotopic (exact) mass is 321 g/mol. The maximum absolute atomic E-state index is 13.1. The SMILES string of the molecule is O=C(O)CCC1CCCN(C(=O)C2CCCC3CCCCC32)C1. The Bertz CT molecular complexity index is 434. The first-order valence-electron chi connectivity index (χ1n) is 9.65. The summed E-state index contributed by atoms with van der Waals surface area (Å²) in [7, 11) is 0. The molecule has 4 heteroatoms. The largest absolute Gasteiger partial charge is 0.481 e. The minimum absolute atomic E-state index is 0.237. The fourth-order valence-electron chi connectivity index (χ4n) is 5.31. The average Bonchev–Trinajstić information content (AvgIpc) is 2.59. The molecular weight excluding hydrogens is 290 g/mol. The number of carboxylic acids is 1. The molecule has 2 aliphatic carbocycles. The Labute approximate surface area is 139 Å². The van der Waals surface area contributed by atoms with E-state index in [0.717, 1.165) is 44.7 Å². The van der Waals surface area contributed by atoms with Gasteiger partial charge >= 0.3 is 5.97 Å². The number of hydrogen-bond acceptors (Lipinski definition) is 2. The van der Waals surface area contributed by atoms with E-state index in [-0.39, 0.29) is 12.3 Å². The van der Waals surface area contributed by atoms with Crippen molar-refractivity contribution in [3.8, 4) is 0 Å². The number of amides is 1. The molecule has 1 N–H and O–H groups in total. The molecule has 0 aromatic heterocycles. The highest BCUT2D eigenvalue weighted by molar-refractivity contribution is 5.79. The lowest BCUT2D eigenvalue weighted by molar-refractivity contribution is -0.142. The van der Waals surface area contributed by atoms with Crippen molar-refractivity contribution in [2.24, 2.45) is 23.7 Å². The smallest absolute Gasteiger partial charge is 0.303 e. The Morgan fingerprint density at radius 2 is 1.74 bits per heavy atom. The Morgan fingerprint density at radius 3 is 2.57 bits per heavy atom. The lowest BCUT2D eigenvalue weighted by atomic mass is 9.65. The quantitative estimate of drug-likeness (QED) is 0.859. The van der Waals surface area contributed by atoms with Gasteiger partial charge in [-0.05, 0) is 49.9 Å². The number of aliphatic carboxylic acids is 1. The highest BCUT2D eigenvalue weighted by Crippen LogP contribution is 2.44. The summed E-state index contributed by atoms with van der Waals surface area (Å²) >= 11 is 0. The van der Waals surface area contributed by atoms with Crippen molar-refractivity contribution in [1.29, 1.82) is 0 Å². The maximum atomic E-state index is 13.1. The van der Waals surface area contributed by atoms with Gasteiger partial charge in [-0.3, -0.25) is 9.59 Å². The highest BCUT2D eigenvalue weighted by Gasteiger charge is 2.40. The molecule has 1 heterocycles. The molecule has 2 saturated carbocycles. The van der Waals surface area contributed by atoms with Crippen molar-refractivity contribution in [3.63, 3.8) is 0 Å². The van der Waals surface area contributed by atoms with Gasteiger partial charge < -0.3 is 10.0 Å². The summed E-state index contributed by atoms with van der Waals surface area (Å²) in [5.74, 6) is 1.73. The fraction of sp³-hybridized carbons (Fsp3) is 0.895. The summed E-state index contributed by atoms with van der Waals surface area (Å²) in [6.45, 7) is 1.68. The summed E-state index contributed by atoms with van der Waals surface area (Å²) in [6.07, 6.45) is 11.9. The van der Waals surface area contributed by atoms with Crippen LogP contribution in [0.3, 0.4) is 0 Å². The minimum Gasteiger partial charge on any atom is -0.481 e. The van der Waals surface area contributed by atoms with E-state index in [0.29, 0.717) is 17.7 Å². The average molecular weight is 321 g/mol. The topological polar surface area (TPSA) is 57.6 Å². The van der Waals surface area contributed by atoms with Gasteiger partial charge in [-0.2, -0.15) is 0 Å². The lowest BCUT2D eigenvalue weighted by Gasteiger charge is -2.43. The molecule has 1 saturated heterocycles. The number of carbonyl (C=O) groups is 2. The number of piperidine rings is 1. The third-order valence-corrected chi connectivity index (χ3v) is 6.49. The number of rotatable bonds is 4. The van der Waals surface area contributed by atoms with Crippen molar-refractivity contribution >= 4 is 11.9 Å². The van der Waals surface area contributed by atoms with Crippen LogP contribution in [0.1, 0.15) is 70.6 Å². The van der Waals surface area contributed by atoms with Crippen molar-refractivity contribution in [3.05, 3.63) is 0 Å². The van der Waals surface area contributed by atoms with Crippen LogP contribution in [-0.4, -0.2) is 35.0 Å². The molecule has 0 aromatic rings. The van der Waals surface area contributed by atoms with E-state index in [1.165, 1.54) is 38.5 Å². The van der Waals surface area contributed by atoms with Gasteiger partial charge in [0.2, 0.25) is 5.91 Å². The molecule has 0 spiro atoms. The van der Waals surface area contributed by atoms with E-state index in [9.17, 15) is 9.59 Å². The van der Waals surface area contributed by atoms with E-state index in [4.69, 9.17) is 5.11 Å². The van der Waals surface area contributed by atoms with Crippen LogP contribution in [0.5, 0.6) is 0 Å². The summed E-state index contributed by atoms with van der Waals surface area (Å²) in [5.41, 5.74) is 0. The van der Waals surface area contributed by atoms with Crippen molar-refractivity contribution in [2.45, 2.75) is 70.6 Å². The molecule has 1 aliphatic heterocycles. The van der Waals surface area contributed by atoms with Crippen LogP contribution in [-0.2, 0) is 9.59 Å². The molecule has 3 fully saturated rings. The number of fused-ring (bicyclic) bond motifs is 1. The minimum atomic E-state index is -0.717. The van der Waals surface area contributed by atoms with Gasteiger partial charge in [0, 0.05) is 25.4 Å². The van der Waals surface area contributed by atoms with Crippen molar-refractivity contribution < 1.29 is 14.7 Å². The predicted octanol–water partition coefficient (Wildman–Crippen LogP) is 3.70. The second-order valence-electron chi connectivity index (χ2n) is 7.97. The Morgan fingerprint density at radius 1 is 0.957 bits per heavy atom. The van der Waals surface area contributed by atoms with Gasteiger partial charge in [-0.25, -0.2) is 0 Å². The van der Waals surface area contributed by atoms with Crippen molar-refractivity contribution in [2.75, 3.05) is 13.1 Å². The first kappa shape index (κ1) is 16.8. The maximum Gasteiger partial charge on any atom is 0.303 e. The van der Waals surface area contributed by atoms with E-state index < -0.39 is 5.97 Å². The van der Waals surface area contributed by atoms with Gasteiger partial charge in [-0.1, -0.05) is 32.1 Å². The molecule has 3 aliphatic rings. The molecule has 1 amide bonds. The molecule has 4 unspecified atom stereocenters. The molecule has 3 rings (SSSR count). The third kappa shape index (κ3) is 4.07. The second kappa shape index (κ2) is 7.67. The van der Waals surface area contributed by atoms with Gasteiger partial charge in [0.05, 0.1) is 0 Å². The summed E-state index contributed by atoms with van der Waals surface area (Å²) in [5, 5.41) is 8.87. The van der Waals surface area contributed by atoms with Crippen LogP contribution in [0, 0.1) is 23.7 Å². The molecule has 0 radical (unpaired) electrons. The molecule has 0 bridgehead atoms. The Hall–Kier alpha value is -1.06. The number of hydrogen-bond donors (Lipinski definition) is 1. The molecule has 4 nitrogen and oxygen atoms in total.